The third-order valence-corrected chi connectivity index (χ3v) is 8.30. The average molecular weight is 630 g/mol. The van der Waals surface area contributed by atoms with Crippen LogP contribution in [0.3, 0.4) is 0 Å². The smallest absolute Gasteiger partial charge is 0.250 e. The molecule has 3 aliphatic rings. The SMILES string of the molecule is NCC(O)C(=O)NC1CC(N)C(C2OC(CNCC(O)CO)C(O)C(O)C2O)C(O)C1OC1OC(CO)C(O)C(N)C1O. The number of carbonyl (C=O) groups excluding carboxylic acids is 1. The average Bonchev–Trinajstić information content (AvgIpc) is 2.98. The van der Waals surface area contributed by atoms with Gasteiger partial charge in [0.1, 0.15) is 48.8 Å². The van der Waals surface area contributed by atoms with Gasteiger partial charge in [0.05, 0.1) is 49.7 Å². The molecule has 19 nitrogen and oxygen atoms in total. The van der Waals surface area contributed by atoms with Crippen molar-refractivity contribution in [1.29, 1.82) is 0 Å². The molecule has 252 valence electrons. The summed E-state index contributed by atoms with van der Waals surface area (Å²) >= 11 is 0. The molecule has 17 atom stereocenters. The summed E-state index contributed by atoms with van der Waals surface area (Å²) in [6.45, 7) is -1.88. The van der Waals surface area contributed by atoms with E-state index in [4.69, 9.17) is 36.5 Å². The number of ether oxygens (including phenoxy) is 3. The number of aliphatic hydroxyl groups is 10. The molecule has 2 aliphatic heterocycles. The van der Waals surface area contributed by atoms with Crippen molar-refractivity contribution in [1.82, 2.24) is 10.6 Å². The van der Waals surface area contributed by atoms with Gasteiger partial charge in [-0.25, -0.2) is 0 Å². The highest BCUT2D eigenvalue weighted by Crippen LogP contribution is 2.37. The van der Waals surface area contributed by atoms with E-state index in [0.29, 0.717) is 0 Å². The Morgan fingerprint density at radius 1 is 0.907 bits per heavy atom. The van der Waals surface area contributed by atoms with E-state index in [-0.39, 0.29) is 19.5 Å². The van der Waals surface area contributed by atoms with Crippen LogP contribution in [-0.4, -0.2) is 187 Å². The van der Waals surface area contributed by atoms with E-state index in [1.54, 1.807) is 0 Å². The van der Waals surface area contributed by atoms with E-state index in [9.17, 15) is 50.8 Å². The van der Waals surface area contributed by atoms with E-state index in [0.717, 1.165) is 0 Å². The van der Waals surface area contributed by atoms with Crippen LogP contribution in [0.1, 0.15) is 6.42 Å². The Morgan fingerprint density at radius 3 is 2.19 bits per heavy atom. The Labute approximate surface area is 247 Å². The highest BCUT2D eigenvalue weighted by atomic mass is 16.7. The van der Waals surface area contributed by atoms with Crippen molar-refractivity contribution in [3.8, 4) is 0 Å². The molecule has 0 radical (unpaired) electrons. The molecule has 0 spiro atoms. The van der Waals surface area contributed by atoms with Crippen LogP contribution < -0.4 is 27.8 Å². The van der Waals surface area contributed by atoms with Gasteiger partial charge in [-0.1, -0.05) is 0 Å². The predicted octanol–water partition coefficient (Wildman–Crippen LogP) is -9.56. The molecule has 1 saturated carbocycles. The molecule has 0 aromatic rings. The molecule has 3 rings (SSSR count). The first kappa shape index (κ1) is 36.3. The van der Waals surface area contributed by atoms with Crippen molar-refractivity contribution in [2.75, 3.05) is 32.8 Å². The predicted molar refractivity (Wildman–Crippen MR) is 142 cm³/mol. The molecule has 17 unspecified atom stereocenters. The molecule has 3 fully saturated rings. The van der Waals surface area contributed by atoms with Gasteiger partial charge in [0.15, 0.2) is 6.29 Å². The minimum Gasteiger partial charge on any atom is -0.394 e. The molecule has 19 heteroatoms. The number of nitrogens with one attached hydrogen (secondary N) is 2. The lowest BCUT2D eigenvalue weighted by molar-refractivity contribution is -0.310. The van der Waals surface area contributed by atoms with Crippen LogP contribution >= 0.6 is 0 Å². The molecule has 43 heavy (non-hydrogen) atoms. The first-order valence-corrected chi connectivity index (χ1v) is 14.1. The van der Waals surface area contributed by atoms with Crippen molar-refractivity contribution in [2.24, 2.45) is 23.1 Å². The fourth-order valence-electron chi connectivity index (χ4n) is 5.74. The summed E-state index contributed by atoms with van der Waals surface area (Å²) in [6, 6.07) is -3.52. The highest BCUT2D eigenvalue weighted by Gasteiger charge is 2.55. The van der Waals surface area contributed by atoms with E-state index in [1.807, 2.05) is 0 Å². The normalized spacial score (nSPS) is 45.4. The van der Waals surface area contributed by atoms with Crippen molar-refractivity contribution >= 4 is 5.91 Å². The van der Waals surface area contributed by atoms with Gasteiger partial charge < -0.3 is 93.1 Å². The number of nitrogens with two attached hydrogens (primary N) is 3. The zero-order chi connectivity index (χ0) is 32.2. The largest absolute Gasteiger partial charge is 0.394 e. The van der Waals surface area contributed by atoms with Crippen molar-refractivity contribution < 1.29 is 70.1 Å². The second-order valence-electron chi connectivity index (χ2n) is 11.3. The molecule has 18 N–H and O–H groups in total. The van der Waals surface area contributed by atoms with E-state index >= 15 is 0 Å². The van der Waals surface area contributed by atoms with Gasteiger partial charge in [-0.2, -0.15) is 0 Å². The Balaban J connectivity index is 1.88. The third-order valence-electron chi connectivity index (χ3n) is 8.30. The van der Waals surface area contributed by atoms with Crippen molar-refractivity contribution in [3.05, 3.63) is 0 Å². The minimum absolute atomic E-state index is 0.0840. The van der Waals surface area contributed by atoms with Crippen molar-refractivity contribution in [3.63, 3.8) is 0 Å². The molecule has 1 amide bonds. The number of rotatable bonds is 12. The molecule has 0 aromatic heterocycles. The molecule has 2 saturated heterocycles. The number of amides is 1. The van der Waals surface area contributed by atoms with Gasteiger partial charge in [0.25, 0.3) is 0 Å². The van der Waals surface area contributed by atoms with E-state index < -0.39 is 129 Å². The quantitative estimate of drug-likeness (QED) is 0.0952. The second kappa shape index (κ2) is 15.9. The summed E-state index contributed by atoms with van der Waals surface area (Å²) in [4.78, 5) is 12.5. The molecule has 2 heterocycles. The summed E-state index contributed by atoms with van der Waals surface area (Å²) in [5, 5.41) is 108. The van der Waals surface area contributed by atoms with Gasteiger partial charge in [-0.3, -0.25) is 4.79 Å². The van der Waals surface area contributed by atoms with Crippen LogP contribution in [0.5, 0.6) is 0 Å². The van der Waals surface area contributed by atoms with Crippen LogP contribution in [-0.2, 0) is 19.0 Å². The van der Waals surface area contributed by atoms with E-state index in [1.165, 1.54) is 0 Å². The van der Waals surface area contributed by atoms with Crippen LogP contribution in [0.4, 0.5) is 0 Å². The maximum atomic E-state index is 12.5. The first-order valence-electron chi connectivity index (χ1n) is 14.1. The van der Waals surface area contributed by atoms with Crippen LogP contribution in [0.2, 0.25) is 0 Å². The lowest BCUT2D eigenvalue weighted by Gasteiger charge is -2.52. The Kier molecular flexibility index (Phi) is 13.4. The number of carbonyl (C=O) groups is 1. The summed E-state index contributed by atoms with van der Waals surface area (Å²) < 4.78 is 17.3. The minimum atomic E-state index is -1.76. The number of hydrogen-bond acceptors (Lipinski definition) is 18. The first-order chi connectivity index (χ1) is 20.3. The van der Waals surface area contributed by atoms with Gasteiger partial charge in [0, 0.05) is 31.6 Å². The number of hydrogen-bond donors (Lipinski definition) is 15. The fourth-order valence-corrected chi connectivity index (χ4v) is 5.74. The molecule has 1 aliphatic carbocycles. The topological polar surface area (TPSA) is 349 Å². The molecular weight excluding hydrogens is 582 g/mol. The monoisotopic (exact) mass is 629 g/mol. The number of aliphatic hydroxyl groups excluding tert-OH is 10. The maximum Gasteiger partial charge on any atom is 0.250 e. The Morgan fingerprint density at radius 2 is 1.58 bits per heavy atom. The van der Waals surface area contributed by atoms with Crippen molar-refractivity contribution in [2.45, 2.75) is 104 Å². The second-order valence-corrected chi connectivity index (χ2v) is 11.3. The van der Waals surface area contributed by atoms with E-state index in [2.05, 4.69) is 10.6 Å². The van der Waals surface area contributed by atoms with Gasteiger partial charge in [0.2, 0.25) is 5.91 Å². The lowest BCUT2D eigenvalue weighted by atomic mass is 9.72. The summed E-state index contributed by atoms with van der Waals surface area (Å²) in [7, 11) is 0. The highest BCUT2D eigenvalue weighted by molar-refractivity contribution is 5.81. The zero-order valence-corrected chi connectivity index (χ0v) is 23.4. The van der Waals surface area contributed by atoms with Crippen LogP contribution in [0, 0.1) is 5.92 Å². The van der Waals surface area contributed by atoms with Gasteiger partial charge >= 0.3 is 0 Å². The van der Waals surface area contributed by atoms with Crippen LogP contribution in [0.25, 0.3) is 0 Å². The third kappa shape index (κ3) is 8.15. The van der Waals surface area contributed by atoms with Gasteiger partial charge in [-0.05, 0) is 6.42 Å². The zero-order valence-electron chi connectivity index (χ0n) is 23.4. The summed E-state index contributed by atoms with van der Waals surface area (Å²) in [5.41, 5.74) is 17.6. The Bertz CT molecular complexity index is 880. The molecule has 0 bridgehead atoms. The molecular formula is C24H47N5O14. The van der Waals surface area contributed by atoms with Crippen LogP contribution in [0.15, 0.2) is 0 Å². The lowest BCUT2D eigenvalue weighted by Crippen LogP contribution is -2.71. The fraction of sp³-hybridized carbons (Fsp3) is 0.958. The maximum absolute atomic E-state index is 12.5. The summed E-state index contributed by atoms with van der Waals surface area (Å²) in [6.07, 6.45) is -19.8. The summed E-state index contributed by atoms with van der Waals surface area (Å²) in [5.74, 6) is -2.15. The van der Waals surface area contributed by atoms with Gasteiger partial charge in [-0.15, -0.1) is 0 Å². The standard InChI is InChI=1S/C24H47N5O14/c25-2-10(33)23(40)29-9-1-8(26)13(17(36)21(9)43-24-18(37)14(27)15(34)12(6-31)42-24)22-20(39)19(38)16(35)11(41-22)4-28-3-7(32)5-30/h7-22,24,28,30-39H,1-6,25-27H2,(H,29,40). The molecule has 0 aromatic carbocycles. The Hall–Kier alpha value is -1.21.